The Morgan fingerprint density at radius 2 is 2.12 bits per heavy atom. The first-order chi connectivity index (χ1) is 7.69. The maximum Gasteiger partial charge on any atom is 0.122 e. The van der Waals surface area contributed by atoms with Crippen molar-refractivity contribution in [2.45, 2.75) is 32.1 Å². The molecule has 1 unspecified atom stereocenters. The SMILES string of the molecule is COc1ccc(Cl)cc1C(C)CCCCN. The van der Waals surface area contributed by atoms with Crippen molar-refractivity contribution in [3.63, 3.8) is 0 Å². The van der Waals surface area contributed by atoms with Crippen molar-refractivity contribution < 1.29 is 4.74 Å². The van der Waals surface area contributed by atoms with Crippen LogP contribution in [0.5, 0.6) is 5.75 Å². The van der Waals surface area contributed by atoms with Crippen LogP contribution in [-0.2, 0) is 0 Å². The summed E-state index contributed by atoms with van der Waals surface area (Å²) in [5.74, 6) is 1.38. The van der Waals surface area contributed by atoms with E-state index in [-0.39, 0.29) is 0 Å². The van der Waals surface area contributed by atoms with E-state index in [1.54, 1.807) is 7.11 Å². The molecule has 0 aliphatic heterocycles. The molecule has 0 fully saturated rings. The number of rotatable bonds is 6. The van der Waals surface area contributed by atoms with Crippen LogP contribution >= 0.6 is 11.6 Å². The molecule has 0 amide bonds. The molecule has 3 heteroatoms. The van der Waals surface area contributed by atoms with Crippen LogP contribution in [0, 0.1) is 0 Å². The van der Waals surface area contributed by atoms with Gasteiger partial charge in [-0.15, -0.1) is 0 Å². The molecule has 1 atom stereocenters. The highest BCUT2D eigenvalue weighted by molar-refractivity contribution is 6.30. The van der Waals surface area contributed by atoms with Crippen LogP contribution in [0.1, 0.15) is 37.7 Å². The first kappa shape index (κ1) is 13.3. The first-order valence-corrected chi connectivity index (χ1v) is 6.10. The minimum atomic E-state index is 0.459. The minimum Gasteiger partial charge on any atom is -0.496 e. The molecule has 0 aliphatic carbocycles. The molecule has 0 spiro atoms. The number of halogens is 1. The van der Waals surface area contributed by atoms with Crippen LogP contribution in [0.2, 0.25) is 5.02 Å². The number of unbranched alkanes of at least 4 members (excludes halogenated alkanes) is 1. The van der Waals surface area contributed by atoms with Gasteiger partial charge in [0, 0.05) is 5.02 Å². The van der Waals surface area contributed by atoms with Gasteiger partial charge in [0.15, 0.2) is 0 Å². The van der Waals surface area contributed by atoms with Crippen LogP contribution in [-0.4, -0.2) is 13.7 Å². The van der Waals surface area contributed by atoms with E-state index in [2.05, 4.69) is 6.92 Å². The van der Waals surface area contributed by atoms with Gasteiger partial charge in [0.2, 0.25) is 0 Å². The van der Waals surface area contributed by atoms with Crippen molar-refractivity contribution in [2.75, 3.05) is 13.7 Å². The van der Waals surface area contributed by atoms with Gasteiger partial charge in [0.25, 0.3) is 0 Å². The van der Waals surface area contributed by atoms with Crippen LogP contribution in [0.3, 0.4) is 0 Å². The molecule has 16 heavy (non-hydrogen) atoms. The van der Waals surface area contributed by atoms with Gasteiger partial charge in [0.05, 0.1) is 7.11 Å². The molecule has 0 aliphatic rings. The van der Waals surface area contributed by atoms with Crippen LogP contribution in [0.15, 0.2) is 18.2 Å². The summed E-state index contributed by atoms with van der Waals surface area (Å²) in [6.07, 6.45) is 3.34. The summed E-state index contributed by atoms with van der Waals surface area (Å²) in [7, 11) is 1.69. The van der Waals surface area contributed by atoms with Gasteiger partial charge in [-0.3, -0.25) is 0 Å². The van der Waals surface area contributed by atoms with E-state index in [0.29, 0.717) is 5.92 Å². The van der Waals surface area contributed by atoms with Crippen molar-refractivity contribution in [2.24, 2.45) is 5.73 Å². The quantitative estimate of drug-likeness (QED) is 0.773. The molecule has 0 heterocycles. The van der Waals surface area contributed by atoms with Crippen molar-refractivity contribution >= 4 is 11.6 Å². The molecule has 2 N–H and O–H groups in total. The van der Waals surface area contributed by atoms with Gasteiger partial charge < -0.3 is 10.5 Å². The van der Waals surface area contributed by atoms with Crippen LogP contribution < -0.4 is 10.5 Å². The Kier molecular flexibility index (Phi) is 5.64. The second-order valence-corrected chi connectivity index (χ2v) is 4.51. The van der Waals surface area contributed by atoms with Gasteiger partial charge in [-0.2, -0.15) is 0 Å². The molecule has 0 saturated carbocycles. The third-order valence-electron chi connectivity index (χ3n) is 2.81. The molecule has 1 rings (SSSR count). The van der Waals surface area contributed by atoms with E-state index in [0.717, 1.165) is 36.6 Å². The summed E-state index contributed by atoms with van der Waals surface area (Å²) < 4.78 is 5.34. The molecule has 90 valence electrons. The number of hydrogen-bond donors (Lipinski definition) is 1. The highest BCUT2D eigenvalue weighted by Gasteiger charge is 2.11. The Morgan fingerprint density at radius 3 is 2.75 bits per heavy atom. The Labute approximate surface area is 103 Å². The summed E-state index contributed by atoms with van der Waals surface area (Å²) >= 11 is 6.00. The maximum atomic E-state index is 6.00. The fourth-order valence-electron chi connectivity index (χ4n) is 1.84. The van der Waals surface area contributed by atoms with Crippen LogP contribution in [0.25, 0.3) is 0 Å². The van der Waals surface area contributed by atoms with Crippen molar-refractivity contribution in [1.29, 1.82) is 0 Å². The van der Waals surface area contributed by atoms with E-state index >= 15 is 0 Å². The summed E-state index contributed by atoms with van der Waals surface area (Å²) in [6.45, 7) is 2.96. The van der Waals surface area contributed by atoms with E-state index in [1.807, 2.05) is 18.2 Å². The molecular formula is C13H20ClNO. The number of methoxy groups -OCH3 is 1. The largest absolute Gasteiger partial charge is 0.496 e. The third kappa shape index (κ3) is 3.69. The lowest BCUT2D eigenvalue weighted by Crippen LogP contribution is -2.01. The monoisotopic (exact) mass is 241 g/mol. The fraction of sp³-hybridized carbons (Fsp3) is 0.538. The standard InChI is InChI=1S/C13H20ClNO/c1-10(5-3-4-8-15)12-9-11(14)6-7-13(12)16-2/h6-7,9-10H,3-5,8,15H2,1-2H3. The van der Waals surface area contributed by atoms with Gasteiger partial charge >= 0.3 is 0 Å². The summed E-state index contributed by atoms with van der Waals surface area (Å²) in [6, 6.07) is 5.78. The molecule has 1 aromatic carbocycles. The Morgan fingerprint density at radius 1 is 1.38 bits per heavy atom. The lowest BCUT2D eigenvalue weighted by Gasteiger charge is -2.15. The molecule has 2 nitrogen and oxygen atoms in total. The summed E-state index contributed by atoms with van der Waals surface area (Å²) in [4.78, 5) is 0. The highest BCUT2D eigenvalue weighted by atomic mass is 35.5. The van der Waals surface area contributed by atoms with Gasteiger partial charge in [-0.05, 0) is 49.1 Å². The molecule has 1 aromatic rings. The smallest absolute Gasteiger partial charge is 0.122 e. The number of nitrogens with two attached hydrogens (primary N) is 1. The average molecular weight is 242 g/mol. The molecular weight excluding hydrogens is 222 g/mol. The van der Waals surface area contributed by atoms with Gasteiger partial charge in [0.1, 0.15) is 5.75 Å². The zero-order chi connectivity index (χ0) is 12.0. The zero-order valence-corrected chi connectivity index (χ0v) is 10.8. The molecule has 0 aromatic heterocycles. The predicted molar refractivity (Wildman–Crippen MR) is 69.3 cm³/mol. The Bertz CT molecular complexity index is 328. The lowest BCUT2D eigenvalue weighted by atomic mass is 9.94. The van der Waals surface area contributed by atoms with E-state index in [1.165, 1.54) is 5.56 Å². The zero-order valence-electron chi connectivity index (χ0n) is 10.0. The van der Waals surface area contributed by atoms with E-state index in [9.17, 15) is 0 Å². The molecule has 0 saturated heterocycles. The topological polar surface area (TPSA) is 35.2 Å². The summed E-state index contributed by atoms with van der Waals surface area (Å²) in [5.41, 5.74) is 6.67. The number of ether oxygens (including phenoxy) is 1. The van der Waals surface area contributed by atoms with Gasteiger partial charge in [-0.1, -0.05) is 24.9 Å². The molecule has 0 radical (unpaired) electrons. The third-order valence-corrected chi connectivity index (χ3v) is 3.05. The van der Waals surface area contributed by atoms with E-state index in [4.69, 9.17) is 22.1 Å². The van der Waals surface area contributed by atoms with Crippen molar-refractivity contribution in [1.82, 2.24) is 0 Å². The number of benzene rings is 1. The Balaban J connectivity index is 2.72. The van der Waals surface area contributed by atoms with Gasteiger partial charge in [-0.25, -0.2) is 0 Å². The first-order valence-electron chi connectivity index (χ1n) is 5.72. The van der Waals surface area contributed by atoms with E-state index < -0.39 is 0 Å². The maximum absolute atomic E-state index is 6.00. The summed E-state index contributed by atoms with van der Waals surface area (Å²) in [5, 5.41) is 0.765. The normalized spacial score (nSPS) is 12.5. The second-order valence-electron chi connectivity index (χ2n) is 4.07. The van der Waals surface area contributed by atoms with Crippen LogP contribution in [0.4, 0.5) is 0 Å². The van der Waals surface area contributed by atoms with Crippen molar-refractivity contribution in [3.8, 4) is 5.75 Å². The Hall–Kier alpha value is -0.730. The lowest BCUT2D eigenvalue weighted by molar-refractivity contribution is 0.404. The average Bonchev–Trinajstić information content (AvgIpc) is 2.29. The predicted octanol–water partition coefficient (Wildman–Crippen LogP) is 3.58. The fourth-order valence-corrected chi connectivity index (χ4v) is 2.02. The van der Waals surface area contributed by atoms with Crippen molar-refractivity contribution in [3.05, 3.63) is 28.8 Å². The highest BCUT2D eigenvalue weighted by Crippen LogP contribution is 2.32. The number of hydrogen-bond acceptors (Lipinski definition) is 2. The minimum absolute atomic E-state index is 0.459. The molecule has 0 bridgehead atoms. The second kappa shape index (κ2) is 6.77.